The first-order valence-electron chi connectivity index (χ1n) is 6.53. The molecule has 98 valence electrons. The van der Waals surface area contributed by atoms with Crippen LogP contribution in [0.25, 0.3) is 10.9 Å². The molecule has 1 heterocycles. The lowest BCUT2D eigenvalue weighted by Gasteiger charge is -2.10. The van der Waals surface area contributed by atoms with Crippen LogP contribution in [0.4, 0.5) is 0 Å². The summed E-state index contributed by atoms with van der Waals surface area (Å²) in [5.74, 6) is 0. The molecule has 0 amide bonds. The molecular weight excluding hydrogens is 224 g/mol. The van der Waals surface area contributed by atoms with Crippen LogP contribution < -0.4 is 5.32 Å². The van der Waals surface area contributed by atoms with Gasteiger partial charge < -0.3 is 10.2 Å². The average Bonchev–Trinajstić information content (AvgIpc) is 2.77. The highest BCUT2D eigenvalue weighted by Gasteiger charge is 2.00. The van der Waals surface area contributed by atoms with Gasteiger partial charge in [-0.1, -0.05) is 18.2 Å². The largest absolute Gasteiger partial charge is 0.315 e. The van der Waals surface area contributed by atoms with Gasteiger partial charge in [0.2, 0.25) is 0 Å². The van der Waals surface area contributed by atoms with Gasteiger partial charge in [-0.3, -0.25) is 4.68 Å². The van der Waals surface area contributed by atoms with Crippen LogP contribution in [0.5, 0.6) is 0 Å². The topological polar surface area (TPSA) is 33.1 Å². The Morgan fingerprint density at radius 2 is 2.06 bits per heavy atom. The highest BCUT2D eigenvalue weighted by Crippen LogP contribution is 2.11. The molecule has 1 aromatic carbocycles. The molecule has 0 radical (unpaired) electrons. The Bertz CT molecular complexity index is 475. The Kier molecular flexibility index (Phi) is 4.73. The van der Waals surface area contributed by atoms with E-state index in [0.717, 1.165) is 26.2 Å². The van der Waals surface area contributed by atoms with E-state index in [-0.39, 0.29) is 0 Å². The van der Waals surface area contributed by atoms with Crippen LogP contribution in [0, 0.1) is 0 Å². The minimum absolute atomic E-state index is 0.926. The number of para-hydroxylation sites is 1. The maximum atomic E-state index is 4.41. The maximum absolute atomic E-state index is 4.41. The Morgan fingerprint density at radius 3 is 2.89 bits per heavy atom. The Labute approximate surface area is 109 Å². The maximum Gasteiger partial charge on any atom is 0.0682 e. The monoisotopic (exact) mass is 246 g/mol. The van der Waals surface area contributed by atoms with E-state index in [1.54, 1.807) is 0 Å². The fraction of sp³-hybridized carbons (Fsp3) is 0.500. The van der Waals surface area contributed by atoms with E-state index >= 15 is 0 Å². The first kappa shape index (κ1) is 13.1. The SMILES string of the molecule is CN(C)CCCNCCn1ncc2ccccc21. The summed E-state index contributed by atoms with van der Waals surface area (Å²) in [6.07, 6.45) is 3.12. The number of nitrogens with zero attached hydrogens (tertiary/aromatic N) is 3. The molecule has 2 aromatic rings. The van der Waals surface area contributed by atoms with Crippen molar-refractivity contribution in [3.05, 3.63) is 30.5 Å². The minimum Gasteiger partial charge on any atom is -0.315 e. The molecule has 0 aliphatic heterocycles. The van der Waals surface area contributed by atoms with Crippen LogP contribution in [0.2, 0.25) is 0 Å². The van der Waals surface area contributed by atoms with Gasteiger partial charge in [-0.25, -0.2) is 0 Å². The Balaban J connectivity index is 1.74. The van der Waals surface area contributed by atoms with Crippen molar-refractivity contribution >= 4 is 10.9 Å². The highest BCUT2D eigenvalue weighted by atomic mass is 15.3. The zero-order valence-electron chi connectivity index (χ0n) is 11.3. The molecule has 0 bridgehead atoms. The molecule has 0 aliphatic rings. The molecule has 1 N–H and O–H groups in total. The molecular formula is C14H22N4. The molecule has 2 rings (SSSR count). The van der Waals surface area contributed by atoms with Gasteiger partial charge >= 0.3 is 0 Å². The molecule has 0 fully saturated rings. The number of fused-ring (bicyclic) bond motifs is 1. The summed E-state index contributed by atoms with van der Waals surface area (Å²) in [6.45, 7) is 4.10. The van der Waals surface area contributed by atoms with Crippen molar-refractivity contribution in [2.45, 2.75) is 13.0 Å². The van der Waals surface area contributed by atoms with Gasteiger partial charge in [0.25, 0.3) is 0 Å². The minimum atomic E-state index is 0.926. The Hall–Kier alpha value is -1.39. The third-order valence-electron chi connectivity index (χ3n) is 3.01. The fourth-order valence-corrected chi connectivity index (χ4v) is 2.03. The standard InChI is InChI=1S/C14H22N4/c1-17(2)10-5-8-15-9-11-18-14-7-4-3-6-13(14)12-16-18/h3-4,6-7,12,15H,5,8-11H2,1-2H3. The number of hydrogen-bond donors (Lipinski definition) is 1. The second kappa shape index (κ2) is 6.52. The highest BCUT2D eigenvalue weighted by molar-refractivity contribution is 5.78. The van der Waals surface area contributed by atoms with E-state index in [1.165, 1.54) is 17.3 Å². The lowest BCUT2D eigenvalue weighted by molar-refractivity contribution is 0.393. The van der Waals surface area contributed by atoms with Crippen molar-refractivity contribution in [2.24, 2.45) is 0 Å². The van der Waals surface area contributed by atoms with E-state index in [0.29, 0.717) is 0 Å². The second-order valence-electron chi connectivity index (χ2n) is 4.83. The lowest BCUT2D eigenvalue weighted by Crippen LogP contribution is -2.24. The molecule has 1 aromatic heterocycles. The van der Waals surface area contributed by atoms with E-state index < -0.39 is 0 Å². The summed E-state index contributed by atoms with van der Waals surface area (Å²) >= 11 is 0. The number of rotatable bonds is 7. The third-order valence-corrected chi connectivity index (χ3v) is 3.01. The lowest BCUT2D eigenvalue weighted by atomic mass is 10.2. The number of benzene rings is 1. The molecule has 0 atom stereocenters. The van der Waals surface area contributed by atoms with Crippen molar-refractivity contribution in [3.63, 3.8) is 0 Å². The predicted octanol–water partition coefficient (Wildman–Crippen LogP) is 1.58. The van der Waals surface area contributed by atoms with Crippen LogP contribution >= 0.6 is 0 Å². The van der Waals surface area contributed by atoms with Gasteiger partial charge in [0, 0.05) is 11.9 Å². The number of aromatic nitrogens is 2. The fourth-order valence-electron chi connectivity index (χ4n) is 2.03. The normalized spacial score (nSPS) is 11.5. The van der Waals surface area contributed by atoms with Crippen LogP contribution in [0.3, 0.4) is 0 Å². The molecule has 0 saturated carbocycles. The quantitative estimate of drug-likeness (QED) is 0.753. The molecule has 18 heavy (non-hydrogen) atoms. The molecule has 4 nitrogen and oxygen atoms in total. The molecule has 0 spiro atoms. The second-order valence-corrected chi connectivity index (χ2v) is 4.83. The number of hydrogen-bond acceptors (Lipinski definition) is 3. The van der Waals surface area contributed by atoms with E-state index in [4.69, 9.17) is 0 Å². The summed E-state index contributed by atoms with van der Waals surface area (Å²) in [6, 6.07) is 8.33. The average molecular weight is 246 g/mol. The Morgan fingerprint density at radius 1 is 1.22 bits per heavy atom. The van der Waals surface area contributed by atoms with Crippen LogP contribution in [-0.2, 0) is 6.54 Å². The van der Waals surface area contributed by atoms with Crippen LogP contribution in [-0.4, -0.2) is 48.4 Å². The van der Waals surface area contributed by atoms with Crippen molar-refractivity contribution < 1.29 is 0 Å². The summed E-state index contributed by atoms with van der Waals surface area (Å²) in [5, 5.41) is 9.08. The smallest absolute Gasteiger partial charge is 0.0682 e. The van der Waals surface area contributed by atoms with Gasteiger partial charge in [0.15, 0.2) is 0 Å². The van der Waals surface area contributed by atoms with Crippen molar-refractivity contribution in [3.8, 4) is 0 Å². The van der Waals surface area contributed by atoms with Gasteiger partial charge in [0.05, 0.1) is 18.3 Å². The molecule has 0 aliphatic carbocycles. The van der Waals surface area contributed by atoms with Gasteiger partial charge in [0.1, 0.15) is 0 Å². The zero-order valence-corrected chi connectivity index (χ0v) is 11.3. The first-order valence-corrected chi connectivity index (χ1v) is 6.53. The zero-order chi connectivity index (χ0) is 12.8. The van der Waals surface area contributed by atoms with Crippen molar-refractivity contribution in [1.29, 1.82) is 0 Å². The van der Waals surface area contributed by atoms with E-state index in [1.807, 2.05) is 12.3 Å². The molecule has 4 heteroatoms. The molecule has 0 saturated heterocycles. The molecule has 0 unspecified atom stereocenters. The first-order chi connectivity index (χ1) is 8.77. The summed E-state index contributed by atoms with van der Waals surface area (Å²) in [7, 11) is 4.21. The van der Waals surface area contributed by atoms with Crippen LogP contribution in [0.1, 0.15) is 6.42 Å². The van der Waals surface area contributed by atoms with Crippen molar-refractivity contribution in [1.82, 2.24) is 20.0 Å². The van der Waals surface area contributed by atoms with Gasteiger partial charge in [-0.2, -0.15) is 5.10 Å². The van der Waals surface area contributed by atoms with Gasteiger partial charge in [-0.05, 0) is 39.7 Å². The third kappa shape index (κ3) is 3.55. The summed E-state index contributed by atoms with van der Waals surface area (Å²) in [4.78, 5) is 2.21. The van der Waals surface area contributed by atoms with E-state index in [9.17, 15) is 0 Å². The van der Waals surface area contributed by atoms with Gasteiger partial charge in [-0.15, -0.1) is 0 Å². The van der Waals surface area contributed by atoms with E-state index in [2.05, 4.69) is 52.3 Å². The van der Waals surface area contributed by atoms with Crippen LogP contribution in [0.15, 0.2) is 30.5 Å². The summed E-state index contributed by atoms with van der Waals surface area (Å²) < 4.78 is 2.06. The summed E-state index contributed by atoms with van der Waals surface area (Å²) in [5.41, 5.74) is 1.22. The van der Waals surface area contributed by atoms with Crippen molar-refractivity contribution in [2.75, 3.05) is 33.7 Å². The number of nitrogens with one attached hydrogen (secondary N) is 1. The predicted molar refractivity (Wildman–Crippen MR) is 75.8 cm³/mol.